The van der Waals surface area contributed by atoms with Crippen molar-refractivity contribution < 1.29 is 13.5 Å². The first-order valence-corrected chi connectivity index (χ1v) is 6.45. The second kappa shape index (κ2) is 5.75. The maximum absolute atomic E-state index is 13.3. The Morgan fingerprint density at radius 3 is 2.63 bits per heavy atom. The number of hydrogen-bond acceptors (Lipinski definition) is 2. The van der Waals surface area contributed by atoms with Gasteiger partial charge in [-0.05, 0) is 34.1 Å². The van der Waals surface area contributed by atoms with Crippen molar-refractivity contribution in [2.24, 2.45) is 0 Å². The molecule has 0 aliphatic carbocycles. The van der Waals surface area contributed by atoms with Crippen LogP contribution in [0, 0.1) is 11.6 Å². The van der Waals surface area contributed by atoms with Gasteiger partial charge in [-0.2, -0.15) is 0 Å². The van der Waals surface area contributed by atoms with E-state index in [1.54, 1.807) is 0 Å². The second-order valence-electron chi connectivity index (χ2n) is 3.83. The van der Waals surface area contributed by atoms with E-state index in [4.69, 9.17) is 22.1 Å². The van der Waals surface area contributed by atoms with Gasteiger partial charge in [0, 0.05) is 17.3 Å². The molecule has 0 heterocycles. The highest BCUT2D eigenvalue weighted by Crippen LogP contribution is 2.31. The molecule has 0 aliphatic heterocycles. The van der Waals surface area contributed by atoms with Crippen LogP contribution < -0.4 is 10.5 Å². The summed E-state index contributed by atoms with van der Waals surface area (Å²) in [5.74, 6) is -0.697. The molecular weight excluding hydrogens is 340 g/mol. The molecular formula is C13H9BrClF2NO. The Labute approximate surface area is 122 Å². The lowest BCUT2D eigenvalue weighted by atomic mass is 10.2. The normalized spacial score (nSPS) is 10.5. The lowest BCUT2D eigenvalue weighted by Gasteiger charge is -2.10. The fourth-order valence-corrected chi connectivity index (χ4v) is 2.22. The van der Waals surface area contributed by atoms with Gasteiger partial charge in [0.25, 0.3) is 0 Å². The number of halogens is 4. The van der Waals surface area contributed by atoms with Crippen LogP contribution in [0.15, 0.2) is 34.8 Å². The molecule has 0 saturated carbocycles. The number of benzene rings is 2. The van der Waals surface area contributed by atoms with Crippen LogP contribution in [0.5, 0.6) is 5.75 Å². The van der Waals surface area contributed by atoms with E-state index < -0.39 is 11.6 Å². The van der Waals surface area contributed by atoms with E-state index in [1.807, 2.05) is 0 Å². The van der Waals surface area contributed by atoms with Gasteiger partial charge in [-0.15, -0.1) is 0 Å². The zero-order valence-corrected chi connectivity index (χ0v) is 11.9. The molecule has 0 radical (unpaired) electrons. The third kappa shape index (κ3) is 3.36. The zero-order valence-electron chi connectivity index (χ0n) is 9.59. The summed E-state index contributed by atoms with van der Waals surface area (Å²) in [6, 6.07) is 6.58. The van der Waals surface area contributed by atoms with Crippen molar-refractivity contribution in [3.63, 3.8) is 0 Å². The molecule has 0 amide bonds. The molecule has 6 heteroatoms. The van der Waals surface area contributed by atoms with Crippen LogP contribution >= 0.6 is 27.5 Å². The minimum absolute atomic E-state index is 0.000482. The van der Waals surface area contributed by atoms with Crippen molar-refractivity contribution in [1.82, 2.24) is 0 Å². The summed E-state index contributed by atoms with van der Waals surface area (Å²) in [5.41, 5.74) is 6.55. The number of nitrogen functional groups attached to an aromatic ring is 1. The predicted octanol–water partition coefficient (Wildman–Crippen LogP) is 4.54. The molecule has 0 bridgehead atoms. The average Bonchev–Trinajstić information content (AvgIpc) is 2.34. The minimum atomic E-state index is -0.577. The number of anilines is 1. The summed E-state index contributed by atoms with van der Waals surface area (Å²) in [7, 11) is 0. The van der Waals surface area contributed by atoms with Crippen LogP contribution in [0.25, 0.3) is 0 Å². The molecule has 0 aromatic heterocycles. The van der Waals surface area contributed by atoms with Gasteiger partial charge in [0.05, 0.1) is 9.50 Å². The fourth-order valence-electron chi connectivity index (χ4n) is 1.47. The molecule has 0 fully saturated rings. The van der Waals surface area contributed by atoms with Gasteiger partial charge in [0.2, 0.25) is 0 Å². The molecule has 0 aliphatic rings. The molecule has 2 rings (SSSR count). The Bertz CT molecular complexity index is 622. The summed E-state index contributed by atoms with van der Waals surface area (Å²) < 4.78 is 32.1. The van der Waals surface area contributed by atoms with E-state index in [0.717, 1.165) is 0 Å². The number of hydrogen-bond donors (Lipinski definition) is 1. The highest BCUT2D eigenvalue weighted by molar-refractivity contribution is 9.10. The Kier molecular flexibility index (Phi) is 4.27. The summed E-state index contributed by atoms with van der Waals surface area (Å²) in [6.45, 7) is 0.103. The van der Waals surface area contributed by atoms with E-state index >= 15 is 0 Å². The first-order chi connectivity index (χ1) is 8.97. The molecule has 2 aromatic rings. The molecule has 2 nitrogen and oxygen atoms in total. The Balaban J connectivity index is 2.16. The van der Waals surface area contributed by atoms with Gasteiger partial charge < -0.3 is 10.5 Å². The maximum atomic E-state index is 13.3. The summed E-state index contributed by atoms with van der Waals surface area (Å²) in [5, 5.41) is 0.000482. The molecule has 100 valence electrons. The predicted molar refractivity (Wildman–Crippen MR) is 74.3 cm³/mol. The van der Waals surface area contributed by atoms with Gasteiger partial charge in [-0.3, -0.25) is 0 Å². The molecule has 0 saturated heterocycles. The van der Waals surface area contributed by atoms with Crippen molar-refractivity contribution >= 4 is 33.2 Å². The third-order valence-corrected chi connectivity index (χ3v) is 3.38. The Hall–Kier alpha value is -1.33. The summed E-state index contributed by atoms with van der Waals surface area (Å²) in [6.07, 6.45) is 0. The van der Waals surface area contributed by atoms with Crippen LogP contribution in [0.1, 0.15) is 5.56 Å². The lowest BCUT2D eigenvalue weighted by Crippen LogP contribution is -2.01. The largest absolute Gasteiger partial charge is 0.488 e. The van der Waals surface area contributed by atoms with E-state index in [1.165, 1.54) is 30.3 Å². The van der Waals surface area contributed by atoms with E-state index in [0.29, 0.717) is 15.8 Å². The standard InChI is InChI=1S/C13H9BrClF2NO/c14-9-4-10(15)11(17)5-13(9)19-6-7-1-2-8(16)3-12(7)18/h1-5H,6,18H2. The van der Waals surface area contributed by atoms with Crippen molar-refractivity contribution in [3.8, 4) is 5.75 Å². The SMILES string of the molecule is Nc1cc(F)ccc1COc1cc(F)c(Cl)cc1Br. The quantitative estimate of drug-likeness (QED) is 0.653. The van der Waals surface area contributed by atoms with E-state index in [9.17, 15) is 8.78 Å². The van der Waals surface area contributed by atoms with Crippen LogP contribution in [-0.2, 0) is 6.61 Å². The third-order valence-electron chi connectivity index (χ3n) is 2.47. The maximum Gasteiger partial charge on any atom is 0.145 e. The first-order valence-electron chi connectivity index (χ1n) is 5.28. The highest BCUT2D eigenvalue weighted by atomic mass is 79.9. The molecule has 0 unspecified atom stereocenters. The number of nitrogens with two attached hydrogens (primary N) is 1. The zero-order chi connectivity index (χ0) is 14.0. The lowest BCUT2D eigenvalue weighted by molar-refractivity contribution is 0.303. The summed E-state index contributed by atoms with van der Waals surface area (Å²) in [4.78, 5) is 0. The van der Waals surface area contributed by atoms with Crippen molar-refractivity contribution in [1.29, 1.82) is 0 Å². The van der Waals surface area contributed by atoms with Crippen LogP contribution in [0.4, 0.5) is 14.5 Å². The van der Waals surface area contributed by atoms with Gasteiger partial charge in [-0.1, -0.05) is 17.7 Å². The molecule has 2 aromatic carbocycles. The smallest absolute Gasteiger partial charge is 0.145 e. The Morgan fingerprint density at radius 1 is 1.21 bits per heavy atom. The van der Waals surface area contributed by atoms with Gasteiger partial charge in [-0.25, -0.2) is 8.78 Å². The van der Waals surface area contributed by atoms with Gasteiger partial charge in [0.1, 0.15) is 24.0 Å². The molecule has 19 heavy (non-hydrogen) atoms. The van der Waals surface area contributed by atoms with Crippen molar-refractivity contribution in [3.05, 3.63) is 57.0 Å². The van der Waals surface area contributed by atoms with Crippen molar-refractivity contribution in [2.45, 2.75) is 6.61 Å². The second-order valence-corrected chi connectivity index (χ2v) is 5.09. The molecule has 2 N–H and O–H groups in total. The number of rotatable bonds is 3. The topological polar surface area (TPSA) is 35.2 Å². The fraction of sp³-hybridized carbons (Fsp3) is 0.0769. The van der Waals surface area contributed by atoms with Crippen LogP contribution in [0.3, 0.4) is 0 Å². The molecule has 0 atom stereocenters. The van der Waals surface area contributed by atoms with E-state index in [2.05, 4.69) is 15.9 Å². The monoisotopic (exact) mass is 347 g/mol. The average molecular weight is 349 g/mol. The number of ether oxygens (including phenoxy) is 1. The highest BCUT2D eigenvalue weighted by Gasteiger charge is 2.09. The minimum Gasteiger partial charge on any atom is -0.488 e. The first kappa shape index (κ1) is 14.1. The van der Waals surface area contributed by atoms with Gasteiger partial charge >= 0.3 is 0 Å². The summed E-state index contributed by atoms with van der Waals surface area (Å²) >= 11 is 8.84. The van der Waals surface area contributed by atoms with E-state index in [-0.39, 0.29) is 17.3 Å². The van der Waals surface area contributed by atoms with Crippen LogP contribution in [-0.4, -0.2) is 0 Å². The van der Waals surface area contributed by atoms with Crippen molar-refractivity contribution in [2.75, 3.05) is 5.73 Å². The van der Waals surface area contributed by atoms with Gasteiger partial charge in [0.15, 0.2) is 0 Å². The Morgan fingerprint density at radius 2 is 1.95 bits per heavy atom. The molecule has 0 spiro atoms. The van der Waals surface area contributed by atoms with Crippen LogP contribution in [0.2, 0.25) is 5.02 Å².